The van der Waals surface area contributed by atoms with Gasteiger partial charge in [-0.1, -0.05) is 0 Å². The standard InChI is InChI=1S/C11H16N4O4S/c16-15(17)10-1-2-11(14-7-10)13-5-4-12-9-3-6-20(18,19)8-9/h1-2,7,9,12H,3-6,8H2,(H,13,14)/t9-/m0/s1. The highest BCUT2D eigenvalue weighted by Crippen LogP contribution is 2.12. The van der Waals surface area contributed by atoms with Crippen LogP contribution in [-0.2, 0) is 9.84 Å². The third-order valence-electron chi connectivity index (χ3n) is 3.06. The first-order chi connectivity index (χ1) is 9.46. The van der Waals surface area contributed by atoms with E-state index >= 15 is 0 Å². The molecule has 1 aromatic heterocycles. The lowest BCUT2D eigenvalue weighted by molar-refractivity contribution is -0.385. The molecule has 0 radical (unpaired) electrons. The van der Waals surface area contributed by atoms with E-state index in [1.165, 1.54) is 18.3 Å². The summed E-state index contributed by atoms with van der Waals surface area (Å²) in [5.41, 5.74) is -0.0511. The van der Waals surface area contributed by atoms with Crippen LogP contribution in [0.5, 0.6) is 0 Å². The number of nitrogens with zero attached hydrogens (tertiary/aromatic N) is 2. The summed E-state index contributed by atoms with van der Waals surface area (Å²) in [6.45, 7) is 1.18. The summed E-state index contributed by atoms with van der Waals surface area (Å²) in [6.07, 6.45) is 1.84. The molecule has 2 heterocycles. The van der Waals surface area contributed by atoms with Gasteiger partial charge in [0.25, 0.3) is 5.69 Å². The predicted molar refractivity (Wildman–Crippen MR) is 74.4 cm³/mol. The maximum Gasteiger partial charge on any atom is 0.287 e. The highest BCUT2D eigenvalue weighted by Gasteiger charge is 2.26. The summed E-state index contributed by atoms with van der Waals surface area (Å²) in [7, 11) is -2.86. The number of anilines is 1. The van der Waals surface area contributed by atoms with Crippen molar-refractivity contribution >= 4 is 21.3 Å². The third-order valence-corrected chi connectivity index (χ3v) is 4.82. The Morgan fingerprint density at radius 1 is 1.40 bits per heavy atom. The Kier molecular flexibility index (Phi) is 4.50. The van der Waals surface area contributed by atoms with Crippen molar-refractivity contribution in [2.24, 2.45) is 0 Å². The molecule has 2 N–H and O–H groups in total. The zero-order valence-electron chi connectivity index (χ0n) is 10.8. The zero-order valence-corrected chi connectivity index (χ0v) is 11.6. The number of sulfone groups is 1. The molecular formula is C11H16N4O4S. The normalized spacial score (nSPS) is 20.7. The molecule has 1 aromatic rings. The van der Waals surface area contributed by atoms with E-state index in [0.717, 1.165) is 0 Å². The first-order valence-electron chi connectivity index (χ1n) is 6.24. The van der Waals surface area contributed by atoms with E-state index in [-0.39, 0.29) is 23.2 Å². The summed E-state index contributed by atoms with van der Waals surface area (Å²) in [5.74, 6) is 1.00. The van der Waals surface area contributed by atoms with E-state index in [0.29, 0.717) is 25.3 Å². The Hall–Kier alpha value is -1.74. The molecule has 0 unspecified atom stereocenters. The third kappa shape index (κ3) is 4.14. The number of pyridine rings is 1. The molecule has 0 aromatic carbocycles. The van der Waals surface area contributed by atoms with Crippen molar-refractivity contribution < 1.29 is 13.3 Å². The van der Waals surface area contributed by atoms with Crippen molar-refractivity contribution in [2.45, 2.75) is 12.5 Å². The van der Waals surface area contributed by atoms with E-state index in [1.54, 1.807) is 0 Å². The monoisotopic (exact) mass is 300 g/mol. The minimum atomic E-state index is -2.86. The van der Waals surface area contributed by atoms with Crippen LogP contribution >= 0.6 is 0 Å². The molecule has 0 saturated carbocycles. The number of nitro groups is 1. The average Bonchev–Trinajstić information content (AvgIpc) is 2.75. The van der Waals surface area contributed by atoms with Crippen molar-refractivity contribution in [2.75, 3.05) is 29.9 Å². The summed E-state index contributed by atoms with van der Waals surface area (Å²) in [5, 5.41) is 16.6. The van der Waals surface area contributed by atoms with E-state index in [4.69, 9.17) is 0 Å². The molecule has 0 amide bonds. The van der Waals surface area contributed by atoms with Gasteiger partial charge in [0.05, 0.1) is 16.4 Å². The first kappa shape index (κ1) is 14.7. The lowest BCUT2D eigenvalue weighted by Gasteiger charge is -2.11. The van der Waals surface area contributed by atoms with Crippen LogP contribution in [0.15, 0.2) is 18.3 Å². The number of rotatable bonds is 6. The second-order valence-electron chi connectivity index (χ2n) is 4.64. The molecule has 2 rings (SSSR count). The highest BCUT2D eigenvalue weighted by molar-refractivity contribution is 7.91. The van der Waals surface area contributed by atoms with E-state index in [2.05, 4.69) is 15.6 Å². The van der Waals surface area contributed by atoms with Gasteiger partial charge in [-0.15, -0.1) is 0 Å². The second kappa shape index (κ2) is 6.14. The van der Waals surface area contributed by atoms with Crippen LogP contribution in [0.2, 0.25) is 0 Å². The van der Waals surface area contributed by atoms with Gasteiger partial charge < -0.3 is 10.6 Å². The van der Waals surface area contributed by atoms with Gasteiger partial charge in [-0.25, -0.2) is 13.4 Å². The lowest BCUT2D eigenvalue weighted by atomic mass is 10.2. The summed E-state index contributed by atoms with van der Waals surface area (Å²) in [6, 6.07) is 2.94. The number of hydrogen-bond donors (Lipinski definition) is 2. The molecule has 20 heavy (non-hydrogen) atoms. The van der Waals surface area contributed by atoms with Gasteiger partial charge in [0.1, 0.15) is 12.0 Å². The molecule has 8 nitrogen and oxygen atoms in total. The van der Waals surface area contributed by atoms with Crippen LogP contribution in [0, 0.1) is 10.1 Å². The Balaban J connectivity index is 1.70. The number of hydrogen-bond acceptors (Lipinski definition) is 7. The Morgan fingerprint density at radius 3 is 2.75 bits per heavy atom. The summed E-state index contributed by atoms with van der Waals surface area (Å²) >= 11 is 0. The highest BCUT2D eigenvalue weighted by atomic mass is 32.2. The average molecular weight is 300 g/mol. The van der Waals surface area contributed by atoms with Gasteiger partial charge in [-0.05, 0) is 12.5 Å². The van der Waals surface area contributed by atoms with Crippen LogP contribution in [0.4, 0.5) is 11.5 Å². The van der Waals surface area contributed by atoms with Crippen molar-refractivity contribution in [1.29, 1.82) is 0 Å². The number of nitrogens with one attached hydrogen (secondary N) is 2. The minimum absolute atomic E-state index is 0.0200. The molecule has 9 heteroatoms. The van der Waals surface area contributed by atoms with Crippen LogP contribution in [-0.4, -0.2) is 49.0 Å². The fraction of sp³-hybridized carbons (Fsp3) is 0.545. The maximum absolute atomic E-state index is 11.3. The Bertz CT molecular complexity index is 573. The molecule has 1 aliphatic heterocycles. The predicted octanol–water partition coefficient (Wildman–Crippen LogP) is 0.178. The van der Waals surface area contributed by atoms with Gasteiger partial charge in [-0.3, -0.25) is 10.1 Å². The smallest absolute Gasteiger partial charge is 0.287 e. The fourth-order valence-electron chi connectivity index (χ4n) is 2.02. The Labute approximate surface area is 116 Å². The lowest BCUT2D eigenvalue weighted by Crippen LogP contribution is -2.33. The van der Waals surface area contributed by atoms with Gasteiger partial charge >= 0.3 is 0 Å². The van der Waals surface area contributed by atoms with Gasteiger partial charge in [0, 0.05) is 25.2 Å². The molecule has 1 atom stereocenters. The molecule has 0 aliphatic carbocycles. The van der Waals surface area contributed by atoms with Gasteiger partial charge in [-0.2, -0.15) is 0 Å². The molecular weight excluding hydrogens is 284 g/mol. The quantitative estimate of drug-likeness (QED) is 0.437. The van der Waals surface area contributed by atoms with E-state index in [1.807, 2.05) is 0 Å². The molecule has 0 spiro atoms. The minimum Gasteiger partial charge on any atom is -0.369 e. The van der Waals surface area contributed by atoms with E-state index in [9.17, 15) is 18.5 Å². The van der Waals surface area contributed by atoms with Crippen LogP contribution in [0.3, 0.4) is 0 Å². The van der Waals surface area contributed by atoms with Crippen molar-refractivity contribution in [3.05, 3.63) is 28.4 Å². The molecule has 1 saturated heterocycles. The van der Waals surface area contributed by atoms with Crippen LogP contribution in [0.25, 0.3) is 0 Å². The second-order valence-corrected chi connectivity index (χ2v) is 6.87. The topological polar surface area (TPSA) is 114 Å². The number of aromatic nitrogens is 1. The molecule has 110 valence electrons. The molecule has 1 aliphatic rings. The van der Waals surface area contributed by atoms with E-state index < -0.39 is 14.8 Å². The van der Waals surface area contributed by atoms with Crippen molar-refractivity contribution in [1.82, 2.24) is 10.3 Å². The largest absolute Gasteiger partial charge is 0.369 e. The SMILES string of the molecule is O=[N+]([O-])c1ccc(NCCN[C@H]2CCS(=O)(=O)C2)nc1. The van der Waals surface area contributed by atoms with Crippen molar-refractivity contribution in [3.63, 3.8) is 0 Å². The van der Waals surface area contributed by atoms with Crippen LogP contribution in [0.1, 0.15) is 6.42 Å². The van der Waals surface area contributed by atoms with Gasteiger partial charge in [0.2, 0.25) is 0 Å². The summed E-state index contributed by atoms with van der Waals surface area (Å²) < 4.78 is 22.5. The van der Waals surface area contributed by atoms with Gasteiger partial charge in [0.15, 0.2) is 9.84 Å². The Morgan fingerprint density at radius 2 is 2.20 bits per heavy atom. The summed E-state index contributed by atoms with van der Waals surface area (Å²) in [4.78, 5) is 13.9. The molecule has 1 fully saturated rings. The fourth-order valence-corrected chi connectivity index (χ4v) is 3.73. The zero-order chi connectivity index (χ0) is 14.6. The van der Waals surface area contributed by atoms with Crippen LogP contribution < -0.4 is 10.6 Å². The first-order valence-corrected chi connectivity index (χ1v) is 8.06. The van der Waals surface area contributed by atoms with Crippen molar-refractivity contribution in [3.8, 4) is 0 Å². The molecule has 0 bridgehead atoms. The maximum atomic E-state index is 11.3.